The monoisotopic (exact) mass is 344 g/mol. The summed E-state index contributed by atoms with van der Waals surface area (Å²) in [5.41, 5.74) is 0.643. The molecule has 25 heavy (non-hydrogen) atoms. The van der Waals surface area contributed by atoms with E-state index in [1.807, 2.05) is 23.1 Å². The number of hydrogen-bond acceptors (Lipinski definition) is 3. The molecule has 1 aliphatic heterocycles. The lowest BCUT2D eigenvalue weighted by Gasteiger charge is -2.33. The van der Waals surface area contributed by atoms with Gasteiger partial charge in [-0.2, -0.15) is 0 Å². The van der Waals surface area contributed by atoms with Gasteiger partial charge in [0.05, 0.1) is 7.11 Å². The van der Waals surface area contributed by atoms with Crippen LogP contribution in [0.2, 0.25) is 0 Å². The molecule has 0 atom stereocenters. The zero-order valence-corrected chi connectivity index (χ0v) is 15.0. The number of hydrogen-bond donors (Lipinski definition) is 1. The van der Waals surface area contributed by atoms with Crippen LogP contribution in [0, 0.1) is 5.92 Å². The maximum absolute atomic E-state index is 12.6. The highest BCUT2D eigenvalue weighted by Gasteiger charge is 2.29. The first-order valence-electron chi connectivity index (χ1n) is 9.41. The molecule has 1 aromatic rings. The third kappa shape index (κ3) is 4.53. The van der Waals surface area contributed by atoms with Crippen molar-refractivity contribution in [2.45, 2.75) is 51.0 Å². The van der Waals surface area contributed by atoms with Crippen LogP contribution in [-0.4, -0.2) is 43.0 Å². The van der Waals surface area contributed by atoms with Crippen molar-refractivity contribution < 1.29 is 14.3 Å². The molecule has 2 fully saturated rings. The van der Waals surface area contributed by atoms with E-state index in [-0.39, 0.29) is 17.7 Å². The normalized spacial score (nSPS) is 19.5. The molecule has 0 spiro atoms. The van der Waals surface area contributed by atoms with E-state index in [4.69, 9.17) is 4.74 Å². The van der Waals surface area contributed by atoms with Crippen LogP contribution in [0.3, 0.4) is 0 Å². The fraction of sp³-hybridized carbons (Fsp3) is 0.600. The van der Waals surface area contributed by atoms with Crippen molar-refractivity contribution >= 4 is 11.8 Å². The van der Waals surface area contributed by atoms with Gasteiger partial charge in [0.15, 0.2) is 0 Å². The molecule has 1 saturated carbocycles. The third-order valence-corrected chi connectivity index (χ3v) is 5.42. The Balaban J connectivity index is 1.50. The Bertz CT molecular complexity index is 603. The summed E-state index contributed by atoms with van der Waals surface area (Å²) in [6.45, 7) is 1.28. The molecule has 5 heteroatoms. The van der Waals surface area contributed by atoms with E-state index in [1.54, 1.807) is 13.2 Å². The topological polar surface area (TPSA) is 58.6 Å². The quantitative estimate of drug-likeness (QED) is 0.913. The summed E-state index contributed by atoms with van der Waals surface area (Å²) >= 11 is 0. The van der Waals surface area contributed by atoms with E-state index in [2.05, 4.69) is 5.32 Å². The number of likely N-dealkylation sites (tertiary alicyclic amines) is 1. The highest BCUT2D eigenvalue weighted by molar-refractivity contribution is 5.94. The van der Waals surface area contributed by atoms with Crippen LogP contribution in [-0.2, 0) is 4.79 Å². The molecule has 1 aromatic carbocycles. The number of piperidine rings is 1. The van der Waals surface area contributed by atoms with Gasteiger partial charge in [-0.3, -0.25) is 9.59 Å². The first kappa shape index (κ1) is 17.8. The molecule has 136 valence electrons. The summed E-state index contributed by atoms with van der Waals surface area (Å²) in [5.74, 6) is 0.925. The van der Waals surface area contributed by atoms with E-state index >= 15 is 0 Å². The van der Waals surface area contributed by atoms with Crippen molar-refractivity contribution in [3.63, 3.8) is 0 Å². The number of methoxy groups -OCH3 is 1. The molecule has 1 heterocycles. The summed E-state index contributed by atoms with van der Waals surface area (Å²) in [6, 6.07) is 7.60. The molecular formula is C20H28N2O3. The fourth-order valence-electron chi connectivity index (χ4n) is 3.85. The van der Waals surface area contributed by atoms with Crippen LogP contribution in [0.4, 0.5) is 0 Å². The molecule has 0 bridgehead atoms. The van der Waals surface area contributed by atoms with Crippen LogP contribution < -0.4 is 10.1 Å². The van der Waals surface area contributed by atoms with Crippen LogP contribution in [0.15, 0.2) is 24.3 Å². The fourth-order valence-corrected chi connectivity index (χ4v) is 3.85. The van der Waals surface area contributed by atoms with Gasteiger partial charge in [0, 0.05) is 30.6 Å². The second-order valence-corrected chi connectivity index (χ2v) is 7.14. The Morgan fingerprint density at radius 3 is 2.48 bits per heavy atom. The summed E-state index contributed by atoms with van der Waals surface area (Å²) in [7, 11) is 1.60. The Labute approximate surface area is 149 Å². The second kappa shape index (κ2) is 8.37. The van der Waals surface area contributed by atoms with Crippen LogP contribution in [0.5, 0.6) is 5.75 Å². The van der Waals surface area contributed by atoms with Crippen molar-refractivity contribution in [2.75, 3.05) is 20.2 Å². The summed E-state index contributed by atoms with van der Waals surface area (Å²) in [5, 5.41) is 3.22. The Kier molecular flexibility index (Phi) is 5.95. The number of amides is 2. The predicted octanol–water partition coefficient (Wildman–Crippen LogP) is 3.00. The highest BCUT2D eigenvalue weighted by Crippen LogP contribution is 2.23. The highest BCUT2D eigenvalue weighted by atomic mass is 16.5. The molecule has 2 aliphatic rings. The van der Waals surface area contributed by atoms with E-state index in [9.17, 15) is 9.59 Å². The standard InChI is InChI=1S/C20H28N2O3/c1-25-18-9-5-6-16(14-18)20(24)22-12-10-15(11-13-22)19(23)21-17-7-3-2-4-8-17/h5-6,9,14-15,17H,2-4,7-8,10-13H2,1H3,(H,21,23). The SMILES string of the molecule is COc1cccc(C(=O)N2CCC(C(=O)NC3CCCCC3)CC2)c1. The zero-order chi connectivity index (χ0) is 17.6. The number of nitrogens with one attached hydrogen (secondary N) is 1. The van der Waals surface area contributed by atoms with E-state index in [0.717, 1.165) is 25.7 Å². The largest absolute Gasteiger partial charge is 0.497 e. The summed E-state index contributed by atoms with van der Waals surface area (Å²) in [4.78, 5) is 26.9. The molecule has 0 unspecified atom stereocenters. The number of ether oxygens (including phenoxy) is 1. The van der Waals surface area contributed by atoms with Crippen molar-refractivity contribution in [1.29, 1.82) is 0 Å². The maximum Gasteiger partial charge on any atom is 0.253 e. The molecule has 0 aromatic heterocycles. The van der Waals surface area contributed by atoms with Crippen LogP contribution in [0.1, 0.15) is 55.3 Å². The molecule has 1 N–H and O–H groups in total. The van der Waals surface area contributed by atoms with Crippen molar-refractivity contribution in [3.05, 3.63) is 29.8 Å². The van der Waals surface area contributed by atoms with Crippen LogP contribution >= 0.6 is 0 Å². The van der Waals surface area contributed by atoms with Gasteiger partial charge >= 0.3 is 0 Å². The van der Waals surface area contributed by atoms with Gasteiger partial charge in [-0.05, 0) is 43.9 Å². The van der Waals surface area contributed by atoms with Gasteiger partial charge in [-0.1, -0.05) is 25.3 Å². The summed E-state index contributed by atoms with van der Waals surface area (Å²) < 4.78 is 5.19. The lowest BCUT2D eigenvalue weighted by molar-refractivity contribution is -0.127. The Morgan fingerprint density at radius 1 is 1.08 bits per heavy atom. The lowest BCUT2D eigenvalue weighted by atomic mass is 9.92. The van der Waals surface area contributed by atoms with Gasteiger partial charge in [-0.25, -0.2) is 0 Å². The van der Waals surface area contributed by atoms with Crippen LogP contribution in [0.25, 0.3) is 0 Å². The average Bonchev–Trinajstić information content (AvgIpc) is 2.68. The predicted molar refractivity (Wildman–Crippen MR) is 96.6 cm³/mol. The summed E-state index contributed by atoms with van der Waals surface area (Å²) in [6.07, 6.45) is 7.44. The number of carbonyl (C=O) groups excluding carboxylic acids is 2. The van der Waals surface area contributed by atoms with Gasteiger partial charge in [0.25, 0.3) is 5.91 Å². The zero-order valence-electron chi connectivity index (χ0n) is 15.0. The van der Waals surface area contributed by atoms with Crippen molar-refractivity contribution in [1.82, 2.24) is 10.2 Å². The first-order chi connectivity index (χ1) is 12.2. The number of carbonyl (C=O) groups is 2. The van der Waals surface area contributed by atoms with E-state index in [1.165, 1.54) is 19.3 Å². The Hall–Kier alpha value is -2.04. The first-order valence-corrected chi connectivity index (χ1v) is 9.41. The maximum atomic E-state index is 12.6. The molecule has 0 radical (unpaired) electrons. The minimum atomic E-state index is 0.0186. The molecule has 1 saturated heterocycles. The number of benzene rings is 1. The molecule has 5 nitrogen and oxygen atoms in total. The lowest BCUT2D eigenvalue weighted by Crippen LogP contribution is -2.45. The molecule has 2 amide bonds. The number of rotatable bonds is 4. The molecule has 3 rings (SSSR count). The third-order valence-electron chi connectivity index (χ3n) is 5.42. The minimum absolute atomic E-state index is 0.0186. The molecule has 1 aliphatic carbocycles. The van der Waals surface area contributed by atoms with E-state index in [0.29, 0.717) is 30.4 Å². The van der Waals surface area contributed by atoms with Gasteiger partial charge in [-0.15, -0.1) is 0 Å². The Morgan fingerprint density at radius 2 is 1.80 bits per heavy atom. The smallest absolute Gasteiger partial charge is 0.253 e. The van der Waals surface area contributed by atoms with Gasteiger partial charge in [0.2, 0.25) is 5.91 Å². The minimum Gasteiger partial charge on any atom is -0.497 e. The van der Waals surface area contributed by atoms with Crippen molar-refractivity contribution in [3.8, 4) is 5.75 Å². The second-order valence-electron chi connectivity index (χ2n) is 7.14. The van der Waals surface area contributed by atoms with Crippen molar-refractivity contribution in [2.24, 2.45) is 5.92 Å². The average molecular weight is 344 g/mol. The number of nitrogens with zero attached hydrogens (tertiary/aromatic N) is 1. The van der Waals surface area contributed by atoms with Gasteiger partial charge < -0.3 is 15.0 Å². The van der Waals surface area contributed by atoms with E-state index < -0.39 is 0 Å². The molecular weight excluding hydrogens is 316 g/mol. The van der Waals surface area contributed by atoms with Gasteiger partial charge in [0.1, 0.15) is 5.75 Å².